The summed E-state index contributed by atoms with van der Waals surface area (Å²) in [6.45, 7) is 1.78. The summed E-state index contributed by atoms with van der Waals surface area (Å²) in [4.78, 5) is 11.0. The Morgan fingerprint density at radius 1 is 1.54 bits per heavy atom. The van der Waals surface area contributed by atoms with Gasteiger partial charge in [0.2, 0.25) is 0 Å². The van der Waals surface area contributed by atoms with Gasteiger partial charge in [0.15, 0.2) is 0 Å². The van der Waals surface area contributed by atoms with E-state index in [1.807, 2.05) is 0 Å². The highest BCUT2D eigenvalue weighted by atomic mass is 16.5. The molecule has 1 saturated carbocycles. The van der Waals surface area contributed by atoms with Gasteiger partial charge in [-0.2, -0.15) is 0 Å². The van der Waals surface area contributed by atoms with Gasteiger partial charge in [-0.3, -0.25) is 4.79 Å². The van der Waals surface area contributed by atoms with E-state index in [2.05, 4.69) is 0 Å². The molecule has 74 valence electrons. The van der Waals surface area contributed by atoms with Crippen molar-refractivity contribution < 1.29 is 9.53 Å². The van der Waals surface area contributed by atoms with Crippen molar-refractivity contribution >= 4 is 11.7 Å². The predicted molar refractivity (Wildman–Crippen MR) is 51.0 cm³/mol. The number of rotatable bonds is 2. The largest absolute Gasteiger partial charge is 0.456 e. The van der Waals surface area contributed by atoms with E-state index in [0.29, 0.717) is 12.1 Å². The minimum Gasteiger partial charge on any atom is -0.456 e. The standard InChI is InChI=1S/C10H17NO2/c1-2-10(12)13-9-7-5-3-4-6-8(9)11/h9,11H,2-7H2,1H3. The van der Waals surface area contributed by atoms with Crippen LogP contribution in [-0.4, -0.2) is 17.8 Å². The molecule has 0 aromatic rings. The van der Waals surface area contributed by atoms with Gasteiger partial charge < -0.3 is 10.1 Å². The number of carbonyl (C=O) groups excluding carboxylic acids is 1. The Balaban J connectivity index is 2.45. The van der Waals surface area contributed by atoms with Gasteiger partial charge in [0, 0.05) is 12.1 Å². The molecule has 0 aliphatic heterocycles. The van der Waals surface area contributed by atoms with Gasteiger partial charge in [0.05, 0.1) is 0 Å². The maximum Gasteiger partial charge on any atom is 0.306 e. The molecule has 0 saturated heterocycles. The number of hydrogen-bond donors (Lipinski definition) is 1. The lowest BCUT2D eigenvalue weighted by Gasteiger charge is -2.15. The van der Waals surface area contributed by atoms with Gasteiger partial charge in [-0.1, -0.05) is 13.3 Å². The highest BCUT2D eigenvalue weighted by Gasteiger charge is 2.20. The summed E-state index contributed by atoms with van der Waals surface area (Å²) >= 11 is 0. The molecule has 1 atom stereocenters. The summed E-state index contributed by atoms with van der Waals surface area (Å²) in [5.74, 6) is -0.184. The number of esters is 1. The number of hydrogen-bond acceptors (Lipinski definition) is 3. The van der Waals surface area contributed by atoms with Crippen LogP contribution < -0.4 is 0 Å². The minimum atomic E-state index is -0.227. The van der Waals surface area contributed by atoms with E-state index in [0.717, 1.165) is 32.1 Å². The quantitative estimate of drug-likeness (QED) is 0.527. The lowest BCUT2D eigenvalue weighted by Crippen LogP contribution is -2.25. The molecule has 0 amide bonds. The van der Waals surface area contributed by atoms with Crippen molar-refractivity contribution in [3.8, 4) is 0 Å². The molecule has 1 N–H and O–H groups in total. The van der Waals surface area contributed by atoms with Crippen LogP contribution in [0.4, 0.5) is 0 Å². The van der Waals surface area contributed by atoms with Crippen molar-refractivity contribution in [1.82, 2.24) is 0 Å². The lowest BCUT2D eigenvalue weighted by molar-refractivity contribution is -0.145. The molecule has 0 heterocycles. The zero-order valence-corrected chi connectivity index (χ0v) is 8.14. The Kier molecular flexibility index (Phi) is 3.93. The van der Waals surface area contributed by atoms with Gasteiger partial charge in [-0.15, -0.1) is 0 Å². The number of carbonyl (C=O) groups is 1. The van der Waals surface area contributed by atoms with Crippen molar-refractivity contribution in [3.05, 3.63) is 0 Å². The van der Waals surface area contributed by atoms with Crippen LogP contribution in [0, 0.1) is 5.41 Å². The van der Waals surface area contributed by atoms with Crippen LogP contribution in [0.15, 0.2) is 0 Å². The van der Waals surface area contributed by atoms with E-state index in [4.69, 9.17) is 10.1 Å². The maximum absolute atomic E-state index is 11.0. The summed E-state index contributed by atoms with van der Waals surface area (Å²) < 4.78 is 5.17. The molecule has 0 radical (unpaired) electrons. The highest BCUT2D eigenvalue weighted by Crippen LogP contribution is 2.17. The first kappa shape index (κ1) is 10.2. The normalized spacial score (nSPS) is 23.8. The van der Waals surface area contributed by atoms with Gasteiger partial charge in [-0.25, -0.2) is 0 Å². The first-order valence-corrected chi connectivity index (χ1v) is 5.01. The molecule has 1 rings (SSSR count). The van der Waals surface area contributed by atoms with Crippen molar-refractivity contribution in [2.24, 2.45) is 0 Å². The Labute approximate surface area is 79.0 Å². The Morgan fingerprint density at radius 2 is 2.31 bits per heavy atom. The van der Waals surface area contributed by atoms with E-state index in [9.17, 15) is 4.79 Å². The molecule has 13 heavy (non-hydrogen) atoms. The van der Waals surface area contributed by atoms with E-state index in [-0.39, 0.29) is 12.1 Å². The second kappa shape index (κ2) is 5.00. The highest BCUT2D eigenvalue weighted by molar-refractivity contribution is 5.88. The van der Waals surface area contributed by atoms with Gasteiger partial charge in [-0.05, 0) is 25.7 Å². The molecule has 0 bridgehead atoms. The Bertz CT molecular complexity index is 201. The molecule has 1 aliphatic rings. The van der Waals surface area contributed by atoms with Gasteiger partial charge >= 0.3 is 5.97 Å². The van der Waals surface area contributed by atoms with Crippen LogP contribution in [0.1, 0.15) is 45.4 Å². The van der Waals surface area contributed by atoms with Crippen molar-refractivity contribution in [2.45, 2.75) is 51.6 Å². The molecule has 0 spiro atoms. The second-order valence-electron chi connectivity index (χ2n) is 3.46. The summed E-state index contributed by atoms with van der Waals surface area (Å²) in [5.41, 5.74) is 0.597. The first-order valence-electron chi connectivity index (χ1n) is 5.01. The van der Waals surface area contributed by atoms with Crippen LogP contribution in [-0.2, 0) is 9.53 Å². The number of nitrogens with one attached hydrogen (secondary N) is 1. The molecule has 0 aromatic heterocycles. The molecule has 1 unspecified atom stereocenters. The third-order valence-electron chi connectivity index (χ3n) is 2.36. The third kappa shape index (κ3) is 3.17. The molecular formula is C10H17NO2. The Hall–Kier alpha value is -0.860. The van der Waals surface area contributed by atoms with Gasteiger partial charge in [0.25, 0.3) is 0 Å². The topological polar surface area (TPSA) is 50.2 Å². The fourth-order valence-electron chi connectivity index (χ4n) is 1.53. The van der Waals surface area contributed by atoms with Crippen LogP contribution in [0.3, 0.4) is 0 Å². The fraction of sp³-hybridized carbons (Fsp3) is 0.800. The lowest BCUT2D eigenvalue weighted by atomic mass is 10.1. The smallest absolute Gasteiger partial charge is 0.306 e. The van der Waals surface area contributed by atoms with Crippen LogP contribution in [0.2, 0.25) is 0 Å². The van der Waals surface area contributed by atoms with Crippen LogP contribution >= 0.6 is 0 Å². The SMILES string of the molecule is CCC(=O)OC1CCCCCC1=N. The summed E-state index contributed by atoms with van der Waals surface area (Å²) in [5, 5.41) is 7.68. The maximum atomic E-state index is 11.0. The zero-order valence-electron chi connectivity index (χ0n) is 8.14. The number of ether oxygens (including phenoxy) is 1. The zero-order chi connectivity index (χ0) is 9.68. The molecule has 1 fully saturated rings. The minimum absolute atomic E-state index is 0.184. The van der Waals surface area contributed by atoms with Crippen molar-refractivity contribution in [3.63, 3.8) is 0 Å². The average Bonchev–Trinajstić information content (AvgIpc) is 2.32. The van der Waals surface area contributed by atoms with Crippen molar-refractivity contribution in [1.29, 1.82) is 5.41 Å². The van der Waals surface area contributed by atoms with E-state index >= 15 is 0 Å². The monoisotopic (exact) mass is 183 g/mol. The third-order valence-corrected chi connectivity index (χ3v) is 2.36. The van der Waals surface area contributed by atoms with Crippen LogP contribution in [0.25, 0.3) is 0 Å². The van der Waals surface area contributed by atoms with E-state index < -0.39 is 0 Å². The molecule has 3 nitrogen and oxygen atoms in total. The first-order chi connectivity index (χ1) is 6.24. The molecule has 3 heteroatoms. The Morgan fingerprint density at radius 3 is 3.00 bits per heavy atom. The van der Waals surface area contributed by atoms with E-state index in [1.165, 1.54) is 0 Å². The summed E-state index contributed by atoms with van der Waals surface area (Å²) in [6, 6.07) is 0. The van der Waals surface area contributed by atoms with E-state index in [1.54, 1.807) is 6.92 Å². The summed E-state index contributed by atoms with van der Waals surface area (Å²) in [7, 11) is 0. The van der Waals surface area contributed by atoms with Crippen molar-refractivity contribution in [2.75, 3.05) is 0 Å². The average molecular weight is 183 g/mol. The summed E-state index contributed by atoms with van der Waals surface area (Å²) in [6.07, 6.45) is 5.11. The molecular weight excluding hydrogens is 166 g/mol. The second-order valence-corrected chi connectivity index (χ2v) is 3.46. The molecule has 0 aromatic carbocycles. The van der Waals surface area contributed by atoms with Gasteiger partial charge in [0.1, 0.15) is 6.10 Å². The van der Waals surface area contributed by atoms with Crippen LogP contribution in [0.5, 0.6) is 0 Å². The predicted octanol–water partition coefficient (Wildman–Crippen LogP) is 2.29. The molecule has 1 aliphatic carbocycles. The fourth-order valence-corrected chi connectivity index (χ4v) is 1.53.